The molecular weight excluding hydrogens is 344 g/mol. The largest absolute Gasteiger partial charge is 0.376 e. The molecule has 1 aliphatic heterocycles. The molecule has 8 heteroatoms. The maximum absolute atomic E-state index is 12.6. The molecule has 0 N–H and O–H groups in total. The Kier molecular flexibility index (Phi) is 5.43. The van der Waals surface area contributed by atoms with E-state index in [0.717, 1.165) is 35.9 Å². The summed E-state index contributed by atoms with van der Waals surface area (Å²) in [5.41, 5.74) is 3.59. The zero-order valence-electron chi connectivity index (χ0n) is 16.3. The van der Waals surface area contributed by atoms with E-state index in [0.29, 0.717) is 13.1 Å². The monoisotopic (exact) mass is 370 g/mol. The maximum atomic E-state index is 12.6. The van der Waals surface area contributed by atoms with Crippen LogP contribution in [-0.4, -0.2) is 65.8 Å². The van der Waals surface area contributed by atoms with Gasteiger partial charge in [-0.2, -0.15) is 5.10 Å². The Morgan fingerprint density at radius 3 is 2.26 bits per heavy atom. The fourth-order valence-electron chi connectivity index (χ4n) is 3.22. The van der Waals surface area contributed by atoms with Gasteiger partial charge in [-0.3, -0.25) is 14.6 Å². The Morgan fingerprint density at radius 2 is 1.70 bits per heavy atom. The third kappa shape index (κ3) is 4.45. The summed E-state index contributed by atoms with van der Waals surface area (Å²) in [5.74, 6) is -0.0797. The van der Waals surface area contributed by atoms with Gasteiger partial charge in [0.25, 0.3) is 5.56 Å². The number of aryl methyl sites for hydroxylation is 2. The highest BCUT2D eigenvalue weighted by molar-refractivity contribution is 5.76. The molecule has 2 aromatic heterocycles. The summed E-state index contributed by atoms with van der Waals surface area (Å²) in [6, 6.07) is 5.63. The van der Waals surface area contributed by atoms with Gasteiger partial charge in [0, 0.05) is 63.4 Å². The van der Waals surface area contributed by atoms with E-state index in [1.54, 1.807) is 11.1 Å². The summed E-state index contributed by atoms with van der Waals surface area (Å²) in [6.45, 7) is 6.73. The van der Waals surface area contributed by atoms with E-state index in [9.17, 15) is 9.59 Å². The van der Waals surface area contributed by atoms with E-state index in [-0.39, 0.29) is 18.0 Å². The first-order chi connectivity index (χ1) is 12.8. The Labute approximate surface area is 159 Å². The van der Waals surface area contributed by atoms with Gasteiger partial charge in [0.2, 0.25) is 5.91 Å². The average molecular weight is 370 g/mol. The molecule has 27 heavy (non-hydrogen) atoms. The minimum Gasteiger partial charge on any atom is -0.376 e. The van der Waals surface area contributed by atoms with Crippen molar-refractivity contribution in [1.82, 2.24) is 19.7 Å². The summed E-state index contributed by atoms with van der Waals surface area (Å²) >= 11 is 0. The molecule has 2 aromatic rings. The highest BCUT2D eigenvalue weighted by Gasteiger charge is 2.22. The van der Waals surface area contributed by atoms with Crippen molar-refractivity contribution in [3.63, 3.8) is 0 Å². The molecule has 0 bridgehead atoms. The molecule has 144 valence electrons. The minimum absolute atomic E-state index is 0.0278. The van der Waals surface area contributed by atoms with E-state index in [1.165, 1.54) is 10.7 Å². The van der Waals surface area contributed by atoms with Crippen LogP contribution in [0.3, 0.4) is 0 Å². The number of aromatic nitrogens is 3. The van der Waals surface area contributed by atoms with Gasteiger partial charge < -0.3 is 14.7 Å². The van der Waals surface area contributed by atoms with Crippen molar-refractivity contribution in [1.29, 1.82) is 0 Å². The van der Waals surface area contributed by atoms with Gasteiger partial charge in [0.1, 0.15) is 6.54 Å². The number of piperazine rings is 1. The summed E-state index contributed by atoms with van der Waals surface area (Å²) in [4.78, 5) is 35.0. The van der Waals surface area contributed by atoms with E-state index in [1.807, 2.05) is 32.8 Å². The molecule has 0 unspecified atom stereocenters. The summed E-state index contributed by atoms with van der Waals surface area (Å²) in [6.07, 6.45) is 1.60. The summed E-state index contributed by atoms with van der Waals surface area (Å²) in [7, 11) is 3.69. The lowest BCUT2D eigenvalue weighted by Crippen LogP contribution is -2.50. The normalized spacial score (nSPS) is 14.4. The van der Waals surface area contributed by atoms with Gasteiger partial charge in [-0.1, -0.05) is 0 Å². The number of pyridine rings is 1. The zero-order chi connectivity index (χ0) is 19.6. The van der Waals surface area contributed by atoms with Crippen LogP contribution >= 0.6 is 0 Å². The lowest BCUT2D eigenvalue weighted by molar-refractivity contribution is -0.132. The fraction of sp³-hybridized carbons (Fsp3) is 0.474. The molecule has 1 aliphatic rings. The van der Waals surface area contributed by atoms with Crippen molar-refractivity contribution in [2.24, 2.45) is 0 Å². The number of rotatable bonds is 4. The first-order valence-electron chi connectivity index (χ1n) is 9.06. The van der Waals surface area contributed by atoms with Gasteiger partial charge in [0.15, 0.2) is 0 Å². The van der Waals surface area contributed by atoms with Gasteiger partial charge in [-0.05, 0) is 26.0 Å². The molecule has 3 heterocycles. The van der Waals surface area contributed by atoms with Gasteiger partial charge in [-0.25, -0.2) is 4.68 Å². The molecule has 0 atom stereocenters. The fourth-order valence-corrected chi connectivity index (χ4v) is 3.22. The standard InChI is InChI=1S/C19H26N6O2/c1-14-9-16(10-15(2)21-14)23-5-7-24(8-6-23)19(27)13-25-18(26)11-17(12-20-25)22(3)4/h9-12H,5-8,13H2,1-4H3. The van der Waals surface area contributed by atoms with Crippen LogP contribution in [0.15, 0.2) is 29.2 Å². The second-order valence-corrected chi connectivity index (χ2v) is 7.08. The second-order valence-electron chi connectivity index (χ2n) is 7.08. The van der Waals surface area contributed by atoms with Crippen LogP contribution in [0.25, 0.3) is 0 Å². The number of nitrogens with zero attached hydrogens (tertiary/aromatic N) is 6. The van der Waals surface area contributed by atoms with Gasteiger partial charge in [-0.15, -0.1) is 0 Å². The summed E-state index contributed by atoms with van der Waals surface area (Å²) in [5, 5.41) is 4.11. The maximum Gasteiger partial charge on any atom is 0.269 e. The van der Waals surface area contributed by atoms with E-state index in [4.69, 9.17) is 0 Å². The lowest BCUT2D eigenvalue weighted by atomic mass is 10.2. The quantitative estimate of drug-likeness (QED) is 0.788. The molecular formula is C19H26N6O2. The van der Waals surface area contributed by atoms with Crippen LogP contribution in [-0.2, 0) is 11.3 Å². The van der Waals surface area contributed by atoms with Crippen molar-refractivity contribution in [2.75, 3.05) is 50.1 Å². The lowest BCUT2D eigenvalue weighted by Gasteiger charge is -2.36. The summed E-state index contributed by atoms with van der Waals surface area (Å²) < 4.78 is 1.22. The topological polar surface area (TPSA) is 74.6 Å². The van der Waals surface area contributed by atoms with Crippen LogP contribution in [0.5, 0.6) is 0 Å². The first kappa shape index (κ1) is 18.9. The van der Waals surface area contributed by atoms with Crippen molar-refractivity contribution in [3.05, 3.63) is 46.1 Å². The number of carbonyl (C=O) groups is 1. The SMILES string of the molecule is Cc1cc(N2CCN(C(=O)Cn3ncc(N(C)C)cc3=O)CC2)cc(C)n1. The van der Waals surface area contributed by atoms with Crippen LogP contribution in [0, 0.1) is 13.8 Å². The highest BCUT2D eigenvalue weighted by Crippen LogP contribution is 2.18. The number of amides is 1. The smallest absolute Gasteiger partial charge is 0.269 e. The Morgan fingerprint density at radius 1 is 1.07 bits per heavy atom. The Bertz CT molecular complexity index is 864. The highest BCUT2D eigenvalue weighted by atomic mass is 16.2. The molecule has 0 radical (unpaired) electrons. The van der Waals surface area contributed by atoms with Crippen LogP contribution in [0.4, 0.5) is 11.4 Å². The number of hydrogen-bond acceptors (Lipinski definition) is 6. The molecule has 1 saturated heterocycles. The van der Waals surface area contributed by atoms with Crippen LogP contribution in [0.2, 0.25) is 0 Å². The average Bonchev–Trinajstić information content (AvgIpc) is 2.62. The van der Waals surface area contributed by atoms with Crippen molar-refractivity contribution in [2.45, 2.75) is 20.4 Å². The van der Waals surface area contributed by atoms with Gasteiger partial charge in [0.05, 0.1) is 11.9 Å². The van der Waals surface area contributed by atoms with Crippen LogP contribution < -0.4 is 15.4 Å². The third-order valence-corrected chi connectivity index (χ3v) is 4.72. The number of anilines is 2. The number of hydrogen-bond donors (Lipinski definition) is 0. The van der Waals surface area contributed by atoms with Crippen molar-refractivity contribution < 1.29 is 4.79 Å². The molecule has 1 amide bonds. The van der Waals surface area contributed by atoms with E-state index in [2.05, 4.69) is 27.1 Å². The molecule has 3 rings (SSSR count). The van der Waals surface area contributed by atoms with Gasteiger partial charge >= 0.3 is 0 Å². The second kappa shape index (κ2) is 7.77. The van der Waals surface area contributed by atoms with E-state index < -0.39 is 0 Å². The molecule has 1 fully saturated rings. The predicted molar refractivity (Wildman–Crippen MR) is 105 cm³/mol. The molecule has 0 aromatic carbocycles. The third-order valence-electron chi connectivity index (χ3n) is 4.72. The molecule has 0 aliphatic carbocycles. The predicted octanol–water partition coefficient (Wildman–Crippen LogP) is 0.670. The molecule has 0 spiro atoms. The molecule has 8 nitrogen and oxygen atoms in total. The van der Waals surface area contributed by atoms with Crippen LogP contribution in [0.1, 0.15) is 11.4 Å². The zero-order valence-corrected chi connectivity index (χ0v) is 16.3. The first-order valence-corrected chi connectivity index (χ1v) is 9.06. The Balaban J connectivity index is 1.61. The van der Waals surface area contributed by atoms with Crippen molar-refractivity contribution in [3.8, 4) is 0 Å². The Hall–Kier alpha value is -2.90. The van der Waals surface area contributed by atoms with E-state index >= 15 is 0 Å². The molecule has 0 saturated carbocycles. The minimum atomic E-state index is -0.268. The number of carbonyl (C=O) groups excluding carboxylic acids is 1. The van der Waals surface area contributed by atoms with Crippen molar-refractivity contribution >= 4 is 17.3 Å².